The van der Waals surface area contributed by atoms with Crippen LogP contribution in [0, 0.1) is 5.82 Å². The van der Waals surface area contributed by atoms with Crippen LogP contribution in [-0.4, -0.2) is 68.0 Å². The molecule has 216 valence electrons. The summed E-state index contributed by atoms with van der Waals surface area (Å²) in [5.74, 6) is -0.0682. The molecular weight excluding hydrogens is 527 g/mol. The summed E-state index contributed by atoms with van der Waals surface area (Å²) in [5.41, 5.74) is 6.98. The van der Waals surface area contributed by atoms with Gasteiger partial charge in [-0.1, -0.05) is 26.8 Å². The predicted molar refractivity (Wildman–Crippen MR) is 157 cm³/mol. The Balaban J connectivity index is 1.38. The van der Waals surface area contributed by atoms with Crippen LogP contribution >= 0.6 is 0 Å². The number of aryl methyl sites for hydroxylation is 1. The second-order valence-electron chi connectivity index (χ2n) is 11.2. The fourth-order valence-corrected chi connectivity index (χ4v) is 4.75. The Bertz CT molecular complexity index is 1650. The normalized spacial score (nSPS) is 14.4. The Morgan fingerprint density at radius 3 is 2.61 bits per heavy atom. The first-order valence-electron chi connectivity index (χ1n) is 13.5. The minimum Gasteiger partial charge on any atom is -0.368 e. The molecule has 5 N–H and O–H groups in total. The third kappa shape index (κ3) is 6.20. The Hall–Kier alpha value is -4.36. The number of carbonyl (C=O) groups is 1. The molecule has 1 aliphatic heterocycles. The van der Waals surface area contributed by atoms with Crippen molar-refractivity contribution in [1.82, 2.24) is 34.5 Å². The van der Waals surface area contributed by atoms with E-state index >= 15 is 0 Å². The standard InChI is InChI=1S/C28H35FN10O2/c1-28(2,3)22-15-23(39(36-22)12-11-38-9-7-31-8-10-38)34-27(41)33-21-14-17(5-6-20(21)29)19-13-18-16-32-26(30)35-24(18)37(4)25(19)40/h5-6,13-16,31H,7-12H2,1-4H3,(H2,30,32,35)(H2,33,34,41). The van der Waals surface area contributed by atoms with Gasteiger partial charge < -0.3 is 16.4 Å². The summed E-state index contributed by atoms with van der Waals surface area (Å²) in [5, 5.41) is 14.1. The van der Waals surface area contributed by atoms with E-state index < -0.39 is 11.8 Å². The maximum Gasteiger partial charge on any atom is 0.324 e. The third-order valence-electron chi connectivity index (χ3n) is 7.12. The lowest BCUT2D eigenvalue weighted by molar-refractivity contribution is 0.229. The largest absolute Gasteiger partial charge is 0.368 e. The molecule has 1 saturated heterocycles. The van der Waals surface area contributed by atoms with E-state index in [4.69, 9.17) is 10.8 Å². The Morgan fingerprint density at radius 2 is 1.88 bits per heavy atom. The number of urea groups is 1. The quantitative estimate of drug-likeness (QED) is 0.280. The zero-order valence-corrected chi connectivity index (χ0v) is 23.7. The number of nitrogens with one attached hydrogen (secondary N) is 3. The molecule has 3 aromatic heterocycles. The van der Waals surface area contributed by atoms with Crippen molar-refractivity contribution in [2.75, 3.05) is 49.1 Å². The summed E-state index contributed by atoms with van der Waals surface area (Å²) < 4.78 is 18.0. The van der Waals surface area contributed by atoms with Gasteiger partial charge in [-0.25, -0.2) is 18.9 Å². The zero-order chi connectivity index (χ0) is 29.3. The molecule has 0 bridgehead atoms. The molecule has 0 saturated carbocycles. The van der Waals surface area contributed by atoms with Crippen molar-refractivity contribution in [3.05, 3.63) is 58.4 Å². The molecule has 12 nitrogen and oxygen atoms in total. The van der Waals surface area contributed by atoms with Gasteiger partial charge in [-0.15, -0.1) is 0 Å². The van der Waals surface area contributed by atoms with Crippen molar-refractivity contribution >= 4 is 34.5 Å². The van der Waals surface area contributed by atoms with E-state index in [9.17, 15) is 14.0 Å². The number of piperazine rings is 1. The van der Waals surface area contributed by atoms with Gasteiger partial charge >= 0.3 is 6.03 Å². The monoisotopic (exact) mass is 562 g/mol. The first kappa shape index (κ1) is 28.2. The lowest BCUT2D eigenvalue weighted by atomic mass is 9.92. The number of fused-ring (bicyclic) bond motifs is 1. The van der Waals surface area contributed by atoms with Gasteiger partial charge in [0.25, 0.3) is 5.56 Å². The van der Waals surface area contributed by atoms with Crippen LogP contribution in [0.25, 0.3) is 22.2 Å². The molecule has 13 heteroatoms. The molecule has 1 aromatic carbocycles. The topological polar surface area (TPSA) is 148 Å². The number of rotatable bonds is 6. The van der Waals surface area contributed by atoms with Crippen LogP contribution in [0.4, 0.5) is 26.6 Å². The van der Waals surface area contributed by atoms with Gasteiger partial charge in [0.2, 0.25) is 5.95 Å². The van der Waals surface area contributed by atoms with Crippen molar-refractivity contribution < 1.29 is 9.18 Å². The molecule has 2 amide bonds. The summed E-state index contributed by atoms with van der Waals surface area (Å²) in [6, 6.07) is 6.97. The number of benzene rings is 1. The number of anilines is 3. The third-order valence-corrected chi connectivity index (χ3v) is 7.12. The van der Waals surface area contributed by atoms with E-state index in [-0.39, 0.29) is 22.6 Å². The molecule has 5 rings (SSSR count). The number of pyridine rings is 1. The first-order chi connectivity index (χ1) is 19.5. The second-order valence-corrected chi connectivity index (χ2v) is 11.2. The van der Waals surface area contributed by atoms with Gasteiger partial charge in [0.05, 0.1) is 17.9 Å². The second kappa shape index (κ2) is 11.3. The summed E-state index contributed by atoms with van der Waals surface area (Å²) in [7, 11) is 1.58. The van der Waals surface area contributed by atoms with Crippen LogP contribution in [0.5, 0.6) is 0 Å². The van der Waals surface area contributed by atoms with Crippen LogP contribution < -0.4 is 27.2 Å². The van der Waals surface area contributed by atoms with E-state index in [1.165, 1.54) is 29.0 Å². The van der Waals surface area contributed by atoms with Crippen molar-refractivity contribution in [3.8, 4) is 11.1 Å². The highest BCUT2D eigenvalue weighted by atomic mass is 19.1. The lowest BCUT2D eigenvalue weighted by Gasteiger charge is -2.27. The minimum atomic E-state index is -0.639. The number of halogens is 1. The molecule has 4 heterocycles. The first-order valence-corrected chi connectivity index (χ1v) is 13.5. The summed E-state index contributed by atoms with van der Waals surface area (Å²) in [6.07, 6.45) is 1.52. The van der Waals surface area contributed by atoms with E-state index in [0.29, 0.717) is 34.5 Å². The smallest absolute Gasteiger partial charge is 0.324 e. The van der Waals surface area contributed by atoms with Crippen molar-refractivity contribution in [2.45, 2.75) is 32.7 Å². The van der Waals surface area contributed by atoms with Crippen LogP contribution in [0.15, 0.2) is 41.3 Å². The van der Waals surface area contributed by atoms with Crippen LogP contribution in [0.3, 0.4) is 0 Å². The molecule has 0 spiro atoms. The van der Waals surface area contributed by atoms with Crippen LogP contribution in [0.2, 0.25) is 0 Å². The highest BCUT2D eigenvalue weighted by Crippen LogP contribution is 2.27. The fourth-order valence-electron chi connectivity index (χ4n) is 4.75. The summed E-state index contributed by atoms with van der Waals surface area (Å²) in [6.45, 7) is 11.3. The Labute approximate surface area is 236 Å². The fraction of sp³-hybridized carbons (Fsp3) is 0.393. The molecule has 4 aromatic rings. The Morgan fingerprint density at radius 1 is 1.12 bits per heavy atom. The lowest BCUT2D eigenvalue weighted by Crippen LogP contribution is -2.44. The zero-order valence-electron chi connectivity index (χ0n) is 23.7. The number of amides is 2. The molecule has 0 aliphatic carbocycles. The number of hydrogen-bond donors (Lipinski definition) is 4. The van der Waals surface area contributed by atoms with Crippen molar-refractivity contribution in [3.63, 3.8) is 0 Å². The number of aromatic nitrogens is 5. The van der Waals surface area contributed by atoms with E-state index in [1.807, 2.05) is 6.07 Å². The number of nitrogen functional groups attached to an aromatic ring is 1. The average molecular weight is 563 g/mol. The van der Waals surface area contributed by atoms with Gasteiger partial charge in [0.15, 0.2) is 0 Å². The maximum atomic E-state index is 14.8. The Kier molecular flexibility index (Phi) is 7.74. The summed E-state index contributed by atoms with van der Waals surface area (Å²) in [4.78, 5) is 36.7. The minimum absolute atomic E-state index is 0.0549. The average Bonchev–Trinajstić information content (AvgIpc) is 3.35. The number of nitrogens with zero attached hydrogens (tertiary/aromatic N) is 6. The molecule has 0 radical (unpaired) electrons. The van der Waals surface area contributed by atoms with Crippen LogP contribution in [0.1, 0.15) is 26.5 Å². The molecular formula is C28H35FN10O2. The highest BCUT2D eigenvalue weighted by molar-refractivity contribution is 5.99. The van der Waals surface area contributed by atoms with E-state index in [0.717, 1.165) is 38.4 Å². The van der Waals surface area contributed by atoms with Crippen molar-refractivity contribution in [2.24, 2.45) is 7.05 Å². The SMILES string of the molecule is Cn1c(=O)c(-c2ccc(F)c(NC(=O)Nc3cc(C(C)(C)C)nn3CCN3CCNCC3)c2)cc2cnc(N)nc21. The van der Waals surface area contributed by atoms with Gasteiger partial charge in [-0.05, 0) is 23.8 Å². The maximum absolute atomic E-state index is 14.8. The molecule has 1 aliphatic rings. The van der Waals surface area contributed by atoms with Gasteiger partial charge in [-0.3, -0.25) is 19.6 Å². The number of nitrogens with two attached hydrogens (primary N) is 1. The predicted octanol–water partition coefficient (Wildman–Crippen LogP) is 2.76. The van der Waals surface area contributed by atoms with Gasteiger partial charge in [0.1, 0.15) is 17.3 Å². The molecule has 0 atom stereocenters. The molecule has 41 heavy (non-hydrogen) atoms. The van der Waals surface area contributed by atoms with Crippen molar-refractivity contribution in [1.29, 1.82) is 0 Å². The molecule has 0 unspecified atom stereocenters. The summed E-state index contributed by atoms with van der Waals surface area (Å²) >= 11 is 0. The van der Waals surface area contributed by atoms with E-state index in [2.05, 4.69) is 51.6 Å². The number of hydrogen-bond acceptors (Lipinski definition) is 8. The molecule has 1 fully saturated rings. The highest BCUT2D eigenvalue weighted by Gasteiger charge is 2.22. The van der Waals surface area contributed by atoms with E-state index in [1.54, 1.807) is 17.8 Å². The van der Waals surface area contributed by atoms with Crippen LogP contribution in [-0.2, 0) is 19.0 Å². The number of carbonyl (C=O) groups excluding carboxylic acids is 1. The van der Waals surface area contributed by atoms with Gasteiger partial charge in [0, 0.05) is 68.4 Å². The van der Waals surface area contributed by atoms with Gasteiger partial charge in [-0.2, -0.15) is 10.1 Å².